The molecule has 2 rings (SSSR count). The Bertz CT molecular complexity index is 587. The largest absolute Gasteiger partial charge is 0.513 e. The zero-order valence-electron chi connectivity index (χ0n) is 12.2. The minimum Gasteiger partial charge on any atom is -0.398 e. The maximum Gasteiger partial charge on any atom is 0.513 e. The Labute approximate surface area is 115 Å². The first-order chi connectivity index (χ1) is 8.44. The van der Waals surface area contributed by atoms with E-state index < -0.39 is 28.3 Å². The van der Waals surface area contributed by atoms with Crippen LogP contribution >= 0.6 is 0 Å². The average Bonchev–Trinajstić information content (AvgIpc) is 2.65. The first-order valence-electron chi connectivity index (χ1n) is 6.19. The van der Waals surface area contributed by atoms with Crippen LogP contribution in [0.15, 0.2) is 12.3 Å². The highest BCUT2D eigenvalue weighted by Crippen LogP contribution is 2.36. The second-order valence-electron chi connectivity index (χ2n) is 6.09. The molecule has 0 aliphatic carbocycles. The molecule has 19 heavy (non-hydrogen) atoms. The SMILES string of the molecule is Cc1cc(B2OC(C)(C)C(C)(C)O2)n(S(C)(=O)=O)c1. The van der Waals surface area contributed by atoms with Crippen LogP contribution in [0.3, 0.4) is 0 Å². The van der Waals surface area contributed by atoms with Crippen LogP contribution in [0.25, 0.3) is 0 Å². The zero-order valence-corrected chi connectivity index (χ0v) is 13.0. The fourth-order valence-electron chi connectivity index (χ4n) is 2.02. The summed E-state index contributed by atoms with van der Waals surface area (Å²) in [5.74, 6) is 0. The predicted octanol–water partition coefficient (Wildman–Crippen LogP) is 0.903. The van der Waals surface area contributed by atoms with Crippen molar-refractivity contribution in [2.75, 3.05) is 6.26 Å². The molecule has 0 spiro atoms. The molecule has 0 amide bonds. The van der Waals surface area contributed by atoms with E-state index in [1.807, 2.05) is 34.6 Å². The van der Waals surface area contributed by atoms with Crippen LogP contribution in [0, 0.1) is 6.92 Å². The van der Waals surface area contributed by atoms with Crippen LogP contribution < -0.4 is 5.59 Å². The van der Waals surface area contributed by atoms with Gasteiger partial charge in [-0.2, -0.15) is 0 Å². The van der Waals surface area contributed by atoms with Crippen molar-refractivity contribution >= 4 is 22.7 Å². The maximum atomic E-state index is 11.8. The van der Waals surface area contributed by atoms with E-state index in [0.29, 0.717) is 5.59 Å². The van der Waals surface area contributed by atoms with Crippen LogP contribution in [0.2, 0.25) is 0 Å². The molecule has 1 saturated heterocycles. The molecule has 106 valence electrons. The number of hydrogen-bond donors (Lipinski definition) is 0. The molecular formula is C12H20BNO4S. The summed E-state index contributed by atoms with van der Waals surface area (Å²) < 4.78 is 36.6. The molecule has 0 aromatic carbocycles. The average molecular weight is 285 g/mol. The number of hydrogen-bond acceptors (Lipinski definition) is 4. The second-order valence-corrected chi connectivity index (χ2v) is 7.95. The second kappa shape index (κ2) is 4.10. The van der Waals surface area contributed by atoms with Crippen molar-refractivity contribution < 1.29 is 17.7 Å². The van der Waals surface area contributed by atoms with Crippen LogP contribution in [-0.2, 0) is 19.3 Å². The highest BCUT2D eigenvalue weighted by Gasteiger charge is 2.53. The van der Waals surface area contributed by atoms with E-state index in [4.69, 9.17) is 9.31 Å². The lowest BCUT2D eigenvalue weighted by atomic mass is 9.85. The van der Waals surface area contributed by atoms with Crippen LogP contribution in [0.5, 0.6) is 0 Å². The normalized spacial score (nSPS) is 21.9. The van der Waals surface area contributed by atoms with Gasteiger partial charge in [-0.25, -0.2) is 8.42 Å². The summed E-state index contributed by atoms with van der Waals surface area (Å²) >= 11 is 0. The Morgan fingerprint density at radius 2 is 1.63 bits per heavy atom. The lowest BCUT2D eigenvalue weighted by Gasteiger charge is -2.32. The molecule has 1 aromatic heterocycles. The molecule has 1 aliphatic rings. The van der Waals surface area contributed by atoms with E-state index >= 15 is 0 Å². The molecule has 1 aliphatic heterocycles. The maximum absolute atomic E-state index is 11.8. The van der Waals surface area contributed by atoms with Gasteiger partial charge >= 0.3 is 7.12 Å². The molecule has 0 unspecified atom stereocenters. The lowest BCUT2D eigenvalue weighted by molar-refractivity contribution is 0.00578. The first-order valence-corrected chi connectivity index (χ1v) is 8.04. The van der Waals surface area contributed by atoms with Gasteiger partial charge < -0.3 is 9.31 Å². The highest BCUT2D eigenvalue weighted by molar-refractivity contribution is 7.89. The first kappa shape index (κ1) is 14.6. The van der Waals surface area contributed by atoms with Gasteiger partial charge in [0.15, 0.2) is 0 Å². The smallest absolute Gasteiger partial charge is 0.398 e. The van der Waals surface area contributed by atoms with Crippen molar-refractivity contribution in [2.45, 2.75) is 45.8 Å². The van der Waals surface area contributed by atoms with Gasteiger partial charge in [0.25, 0.3) is 0 Å². The van der Waals surface area contributed by atoms with E-state index in [-0.39, 0.29) is 0 Å². The summed E-state index contributed by atoms with van der Waals surface area (Å²) in [7, 11) is -4.04. The monoisotopic (exact) mass is 285 g/mol. The van der Waals surface area contributed by atoms with Gasteiger partial charge in [-0.3, -0.25) is 3.97 Å². The highest BCUT2D eigenvalue weighted by atomic mass is 32.2. The van der Waals surface area contributed by atoms with E-state index in [2.05, 4.69) is 0 Å². The summed E-state index contributed by atoms with van der Waals surface area (Å²) in [5.41, 5.74) is 0.393. The van der Waals surface area contributed by atoms with E-state index in [9.17, 15) is 8.42 Å². The topological polar surface area (TPSA) is 57.5 Å². The molecule has 7 heteroatoms. The van der Waals surface area contributed by atoms with Crippen molar-refractivity contribution in [2.24, 2.45) is 0 Å². The van der Waals surface area contributed by atoms with E-state index in [0.717, 1.165) is 5.56 Å². The number of nitrogens with zero attached hydrogens (tertiary/aromatic N) is 1. The van der Waals surface area contributed by atoms with E-state index in [1.54, 1.807) is 12.3 Å². The summed E-state index contributed by atoms with van der Waals surface area (Å²) in [6.45, 7) is 9.60. The van der Waals surface area contributed by atoms with Gasteiger partial charge in [-0.1, -0.05) is 0 Å². The Morgan fingerprint density at radius 1 is 1.16 bits per heavy atom. The Balaban J connectivity index is 2.46. The van der Waals surface area contributed by atoms with Gasteiger partial charge in [0, 0.05) is 6.20 Å². The fourth-order valence-corrected chi connectivity index (χ4v) is 2.90. The van der Waals surface area contributed by atoms with Crippen molar-refractivity contribution in [3.63, 3.8) is 0 Å². The summed E-state index contributed by atoms with van der Waals surface area (Å²) in [5, 5.41) is 0. The van der Waals surface area contributed by atoms with Gasteiger partial charge in [0.05, 0.1) is 23.1 Å². The fraction of sp³-hybridized carbons (Fsp3) is 0.667. The molecule has 0 radical (unpaired) electrons. The zero-order chi connectivity index (χ0) is 14.6. The summed E-state index contributed by atoms with van der Waals surface area (Å²) in [6, 6.07) is 1.78. The van der Waals surface area contributed by atoms with Crippen molar-refractivity contribution in [3.8, 4) is 0 Å². The minimum absolute atomic E-state index is 0.488. The van der Waals surface area contributed by atoms with Gasteiger partial charge in [0.2, 0.25) is 10.0 Å². The Morgan fingerprint density at radius 3 is 2.05 bits per heavy atom. The molecule has 0 N–H and O–H groups in total. The van der Waals surface area contributed by atoms with Gasteiger partial charge in [-0.15, -0.1) is 0 Å². The third-order valence-corrected chi connectivity index (χ3v) is 4.83. The Kier molecular flexibility index (Phi) is 3.16. The number of aromatic nitrogens is 1. The van der Waals surface area contributed by atoms with Gasteiger partial charge in [-0.05, 0) is 46.2 Å². The van der Waals surface area contributed by atoms with Crippen LogP contribution in [0.1, 0.15) is 33.3 Å². The molecule has 0 atom stereocenters. The molecule has 1 aromatic rings. The van der Waals surface area contributed by atoms with Crippen LogP contribution in [-0.4, -0.2) is 37.0 Å². The number of aryl methyl sites for hydroxylation is 1. The van der Waals surface area contributed by atoms with Crippen molar-refractivity contribution in [1.82, 2.24) is 3.97 Å². The van der Waals surface area contributed by atoms with Gasteiger partial charge in [0.1, 0.15) is 0 Å². The summed E-state index contributed by atoms with van der Waals surface area (Å²) in [4.78, 5) is 0. The molecule has 0 saturated carbocycles. The molecule has 5 nitrogen and oxygen atoms in total. The van der Waals surface area contributed by atoms with Crippen molar-refractivity contribution in [1.29, 1.82) is 0 Å². The minimum atomic E-state index is -3.37. The predicted molar refractivity (Wildman–Crippen MR) is 75.1 cm³/mol. The molecule has 1 fully saturated rings. The third-order valence-electron chi connectivity index (χ3n) is 3.80. The Hall–Kier alpha value is -0.785. The van der Waals surface area contributed by atoms with Crippen LogP contribution in [0.4, 0.5) is 0 Å². The molecular weight excluding hydrogens is 265 g/mol. The third kappa shape index (κ3) is 2.46. The van der Waals surface area contributed by atoms with E-state index in [1.165, 1.54) is 10.2 Å². The summed E-state index contributed by atoms with van der Waals surface area (Å²) in [6.07, 6.45) is 2.75. The molecule has 2 heterocycles. The lowest BCUT2D eigenvalue weighted by Crippen LogP contribution is -2.41. The standard InChI is InChI=1S/C12H20BNO4S/c1-9-7-10(14(8-9)19(6,15)16)13-17-11(2,3)12(4,5)18-13/h7-8H,1-6H3. The van der Waals surface area contributed by atoms with Crippen molar-refractivity contribution in [3.05, 3.63) is 17.8 Å². The number of rotatable bonds is 2. The quantitative estimate of drug-likeness (QED) is 0.758. The molecule has 0 bridgehead atoms.